The average molecular weight is 407 g/mol. The first-order valence-electron chi connectivity index (χ1n) is 8.17. The van der Waals surface area contributed by atoms with Crippen molar-refractivity contribution < 1.29 is 9.53 Å². The summed E-state index contributed by atoms with van der Waals surface area (Å²) in [4.78, 5) is 22.0. The van der Waals surface area contributed by atoms with E-state index in [-0.39, 0.29) is 0 Å². The van der Waals surface area contributed by atoms with Gasteiger partial charge in [-0.05, 0) is 65.7 Å². The largest absolute Gasteiger partial charge is 0.420 e. The number of hydrogen-bond acceptors (Lipinski definition) is 4. The van der Waals surface area contributed by atoms with E-state index in [1.165, 1.54) is 0 Å². The van der Waals surface area contributed by atoms with Crippen molar-refractivity contribution in [3.8, 4) is 5.75 Å². The molecule has 1 aromatic heterocycles. The molecule has 0 saturated carbocycles. The van der Waals surface area contributed by atoms with Gasteiger partial charge >= 0.3 is 5.97 Å². The number of esters is 1. The molecule has 0 spiro atoms. The van der Waals surface area contributed by atoms with Crippen LogP contribution in [0.25, 0.3) is 22.1 Å². The number of hydrogen-bond donors (Lipinski definition) is 0. The Morgan fingerprint density at radius 2 is 1.62 bits per heavy atom. The van der Waals surface area contributed by atoms with Crippen LogP contribution in [0.1, 0.15) is 21.5 Å². The quantitative estimate of drug-likeness (QED) is 0.254. The van der Waals surface area contributed by atoms with Crippen molar-refractivity contribution in [3.05, 3.63) is 75.8 Å². The van der Waals surface area contributed by atoms with Crippen LogP contribution >= 0.6 is 15.9 Å². The average Bonchev–Trinajstić information content (AvgIpc) is 2.63. The van der Waals surface area contributed by atoms with Gasteiger partial charge in [0.25, 0.3) is 0 Å². The lowest BCUT2D eigenvalue weighted by atomic mass is 10.1. The van der Waals surface area contributed by atoms with Crippen LogP contribution in [0.5, 0.6) is 5.75 Å². The van der Waals surface area contributed by atoms with Crippen molar-refractivity contribution in [1.29, 1.82) is 0 Å². The predicted octanol–water partition coefficient (Wildman–Crippen LogP) is 5.38. The molecule has 0 saturated heterocycles. The van der Waals surface area contributed by atoms with Gasteiger partial charge in [-0.3, -0.25) is 0 Å². The van der Waals surface area contributed by atoms with E-state index in [4.69, 9.17) is 9.72 Å². The number of nitrogens with zero attached hydrogens (tertiary/aromatic N) is 2. The Morgan fingerprint density at radius 1 is 0.923 bits per heavy atom. The molecule has 0 amide bonds. The maximum Gasteiger partial charge on any atom is 0.343 e. The number of para-hydroxylation sites is 2. The smallest absolute Gasteiger partial charge is 0.343 e. The number of fused-ring (bicyclic) bond motifs is 2. The van der Waals surface area contributed by atoms with Gasteiger partial charge < -0.3 is 4.74 Å². The van der Waals surface area contributed by atoms with E-state index >= 15 is 0 Å². The summed E-state index contributed by atoms with van der Waals surface area (Å²) in [5.41, 5.74) is 5.11. The first-order valence-corrected chi connectivity index (χ1v) is 8.96. The van der Waals surface area contributed by atoms with Crippen LogP contribution in [0.4, 0.5) is 0 Å². The third-order valence-electron chi connectivity index (χ3n) is 4.16. The van der Waals surface area contributed by atoms with Crippen LogP contribution in [-0.2, 0) is 0 Å². The molecule has 0 fully saturated rings. The van der Waals surface area contributed by atoms with E-state index < -0.39 is 5.97 Å². The van der Waals surface area contributed by atoms with E-state index in [2.05, 4.69) is 20.9 Å². The van der Waals surface area contributed by atoms with Gasteiger partial charge in [0.2, 0.25) is 0 Å². The van der Waals surface area contributed by atoms with Gasteiger partial charge in [-0.1, -0.05) is 29.8 Å². The van der Waals surface area contributed by atoms with Gasteiger partial charge in [0.05, 0.1) is 16.6 Å². The minimum absolute atomic E-state index is 0.407. The monoisotopic (exact) mass is 406 g/mol. The van der Waals surface area contributed by atoms with Crippen LogP contribution < -0.4 is 4.74 Å². The number of carbonyl (C=O) groups excluding carboxylic acids is 1. The molecule has 4 nitrogen and oxygen atoms in total. The van der Waals surface area contributed by atoms with Gasteiger partial charge in [-0.2, -0.15) is 0 Å². The number of aryl methyl sites for hydroxylation is 2. The molecule has 3 aromatic carbocycles. The fourth-order valence-corrected chi connectivity index (χ4v) is 3.51. The zero-order valence-corrected chi connectivity index (χ0v) is 15.9. The highest BCUT2D eigenvalue weighted by atomic mass is 79.9. The third-order valence-corrected chi connectivity index (χ3v) is 4.77. The molecule has 4 aromatic rings. The molecular weight excluding hydrogens is 392 g/mol. The number of benzene rings is 3. The maximum atomic E-state index is 12.6. The Kier molecular flexibility index (Phi) is 4.17. The predicted molar refractivity (Wildman–Crippen MR) is 106 cm³/mol. The number of halogens is 1. The fourth-order valence-electron chi connectivity index (χ4n) is 2.89. The van der Waals surface area contributed by atoms with Crippen LogP contribution in [0.3, 0.4) is 0 Å². The lowest BCUT2D eigenvalue weighted by Gasteiger charge is -2.12. The summed E-state index contributed by atoms with van der Waals surface area (Å²) in [5.74, 6) is 0.0309. The van der Waals surface area contributed by atoms with Crippen LogP contribution in [0.15, 0.2) is 59.1 Å². The summed E-state index contributed by atoms with van der Waals surface area (Å²) in [6.07, 6.45) is 0. The molecule has 0 N–H and O–H groups in total. The van der Waals surface area contributed by atoms with Crippen molar-refractivity contribution >= 4 is 44.0 Å². The fraction of sp³-hybridized carbons (Fsp3) is 0.0952. The molecule has 0 radical (unpaired) electrons. The molecule has 0 bridgehead atoms. The Bertz CT molecular complexity index is 1170. The SMILES string of the molecule is Cc1cccc(C(=O)Oc2c(C)cc(Br)c3nc4ccccc4nc23)c1. The summed E-state index contributed by atoms with van der Waals surface area (Å²) in [6.45, 7) is 3.83. The zero-order chi connectivity index (χ0) is 18.3. The molecule has 0 atom stereocenters. The topological polar surface area (TPSA) is 52.1 Å². The van der Waals surface area contributed by atoms with Gasteiger partial charge in [0, 0.05) is 4.47 Å². The molecule has 128 valence electrons. The minimum Gasteiger partial charge on any atom is -0.420 e. The number of rotatable bonds is 2. The first kappa shape index (κ1) is 16.7. The Morgan fingerprint density at radius 3 is 2.31 bits per heavy atom. The first-order chi connectivity index (χ1) is 12.5. The highest BCUT2D eigenvalue weighted by Gasteiger charge is 2.18. The normalized spacial score (nSPS) is 11.0. The molecule has 0 aliphatic carbocycles. The van der Waals surface area contributed by atoms with Gasteiger partial charge in [-0.25, -0.2) is 14.8 Å². The summed E-state index contributed by atoms with van der Waals surface area (Å²) in [7, 11) is 0. The Labute approximate surface area is 159 Å². The maximum absolute atomic E-state index is 12.6. The third kappa shape index (κ3) is 2.95. The molecule has 5 heteroatoms. The highest BCUT2D eigenvalue weighted by Crippen LogP contribution is 2.34. The van der Waals surface area contributed by atoms with Crippen molar-refractivity contribution in [3.63, 3.8) is 0 Å². The van der Waals surface area contributed by atoms with E-state index in [1.807, 2.05) is 56.3 Å². The van der Waals surface area contributed by atoms with E-state index in [1.54, 1.807) is 12.1 Å². The number of carbonyl (C=O) groups is 1. The number of aromatic nitrogens is 2. The molecule has 26 heavy (non-hydrogen) atoms. The Hall–Kier alpha value is -2.79. The second-order valence-electron chi connectivity index (χ2n) is 6.17. The van der Waals surface area contributed by atoms with Crippen molar-refractivity contribution in [2.24, 2.45) is 0 Å². The van der Waals surface area contributed by atoms with Crippen LogP contribution in [-0.4, -0.2) is 15.9 Å². The van der Waals surface area contributed by atoms with E-state index in [9.17, 15) is 4.79 Å². The Balaban J connectivity index is 1.88. The van der Waals surface area contributed by atoms with E-state index in [0.717, 1.165) is 26.6 Å². The van der Waals surface area contributed by atoms with Crippen LogP contribution in [0, 0.1) is 13.8 Å². The molecule has 0 unspecified atom stereocenters. The van der Waals surface area contributed by atoms with Crippen LogP contribution in [0.2, 0.25) is 0 Å². The van der Waals surface area contributed by atoms with Crippen molar-refractivity contribution in [2.75, 3.05) is 0 Å². The van der Waals surface area contributed by atoms with E-state index in [0.29, 0.717) is 22.3 Å². The van der Waals surface area contributed by atoms with Gasteiger partial charge in [0.15, 0.2) is 5.75 Å². The summed E-state index contributed by atoms with van der Waals surface area (Å²) in [6, 6.07) is 16.9. The lowest BCUT2D eigenvalue weighted by Crippen LogP contribution is -2.10. The summed E-state index contributed by atoms with van der Waals surface area (Å²) in [5, 5.41) is 0. The second kappa shape index (κ2) is 6.50. The standard InChI is InChI=1S/C21H15BrN2O2/c1-12-6-5-7-14(10-12)21(25)26-20-13(2)11-15(22)18-19(20)24-17-9-4-3-8-16(17)23-18/h3-11H,1-2H3. The van der Waals surface area contributed by atoms with Gasteiger partial charge in [0.1, 0.15) is 11.0 Å². The molecule has 0 aliphatic rings. The second-order valence-corrected chi connectivity index (χ2v) is 7.03. The summed E-state index contributed by atoms with van der Waals surface area (Å²) < 4.78 is 6.56. The number of ether oxygens (including phenoxy) is 1. The minimum atomic E-state index is -0.407. The van der Waals surface area contributed by atoms with Crippen molar-refractivity contribution in [2.45, 2.75) is 13.8 Å². The van der Waals surface area contributed by atoms with Crippen molar-refractivity contribution in [1.82, 2.24) is 9.97 Å². The molecular formula is C21H15BrN2O2. The lowest BCUT2D eigenvalue weighted by molar-refractivity contribution is 0.0735. The zero-order valence-electron chi connectivity index (χ0n) is 14.3. The highest BCUT2D eigenvalue weighted by molar-refractivity contribution is 9.10. The molecule has 4 rings (SSSR count). The van der Waals surface area contributed by atoms with Gasteiger partial charge in [-0.15, -0.1) is 0 Å². The summed E-state index contributed by atoms with van der Waals surface area (Å²) >= 11 is 3.55. The molecule has 0 aliphatic heterocycles. The molecule has 1 heterocycles.